The van der Waals surface area contributed by atoms with Gasteiger partial charge in [0.15, 0.2) is 18.4 Å². The van der Waals surface area contributed by atoms with E-state index in [9.17, 15) is 9.59 Å². The van der Waals surface area contributed by atoms with Crippen LogP contribution in [0.4, 0.5) is 0 Å². The predicted octanol–water partition coefficient (Wildman–Crippen LogP) is 1.60. The van der Waals surface area contributed by atoms with Gasteiger partial charge >= 0.3 is 0 Å². The summed E-state index contributed by atoms with van der Waals surface area (Å²) in [6.07, 6.45) is 2.52. The van der Waals surface area contributed by atoms with E-state index in [2.05, 4.69) is 0 Å². The molecule has 4 nitrogen and oxygen atoms in total. The summed E-state index contributed by atoms with van der Waals surface area (Å²) in [5.74, 6) is -0.0270. The van der Waals surface area contributed by atoms with Crippen LogP contribution in [0.1, 0.15) is 20.7 Å². The highest BCUT2D eigenvalue weighted by Gasteiger charge is 2.22. The number of fused-ring (bicyclic) bond motifs is 1. The summed E-state index contributed by atoms with van der Waals surface area (Å²) >= 11 is 0. The van der Waals surface area contributed by atoms with Crippen molar-refractivity contribution in [1.82, 2.24) is 0 Å². The lowest BCUT2D eigenvalue weighted by molar-refractivity contribution is 0.0502. The monoisotopic (exact) mass is 218 g/mol. The number of hydrogen-bond acceptors (Lipinski definition) is 4. The lowest BCUT2D eigenvalue weighted by Crippen LogP contribution is -2.14. The number of carbonyl (C=O) groups excluding carboxylic acids is 2. The molecule has 0 spiro atoms. The lowest BCUT2D eigenvalue weighted by atomic mass is 9.94. The first-order chi connectivity index (χ1) is 7.74. The standard InChI is InChI=1S/C12H10O4/c1-15-7-16-11-4-2-3-8-9(13)5-6-10(14)12(8)11/h2-6H,7H2,1H3. The summed E-state index contributed by atoms with van der Waals surface area (Å²) in [5.41, 5.74) is 0.688. The smallest absolute Gasteiger partial charge is 0.190 e. The molecule has 4 heteroatoms. The van der Waals surface area contributed by atoms with Gasteiger partial charge in [0.1, 0.15) is 5.75 Å². The van der Waals surface area contributed by atoms with Crippen LogP contribution < -0.4 is 4.74 Å². The maximum atomic E-state index is 11.7. The van der Waals surface area contributed by atoms with E-state index in [-0.39, 0.29) is 18.4 Å². The number of allylic oxidation sites excluding steroid dienone is 2. The molecule has 0 saturated carbocycles. The molecule has 0 heterocycles. The molecule has 82 valence electrons. The van der Waals surface area contributed by atoms with Gasteiger partial charge in [-0.15, -0.1) is 0 Å². The van der Waals surface area contributed by atoms with Gasteiger partial charge in [-0.2, -0.15) is 0 Å². The number of hydrogen-bond donors (Lipinski definition) is 0. The molecule has 1 aliphatic rings. The van der Waals surface area contributed by atoms with Crippen molar-refractivity contribution in [3.8, 4) is 5.75 Å². The van der Waals surface area contributed by atoms with Crippen LogP contribution in [0.2, 0.25) is 0 Å². The van der Waals surface area contributed by atoms with Crippen molar-refractivity contribution in [2.45, 2.75) is 0 Å². The second kappa shape index (κ2) is 4.28. The summed E-state index contributed by atoms with van der Waals surface area (Å²) in [5, 5.41) is 0. The molecule has 0 amide bonds. The van der Waals surface area contributed by atoms with Gasteiger partial charge < -0.3 is 9.47 Å². The van der Waals surface area contributed by atoms with E-state index in [1.165, 1.54) is 19.3 Å². The van der Waals surface area contributed by atoms with E-state index in [1.54, 1.807) is 18.2 Å². The van der Waals surface area contributed by atoms with Gasteiger partial charge in [-0.05, 0) is 18.2 Å². The molecule has 0 aromatic heterocycles. The minimum atomic E-state index is -0.221. The molecule has 0 fully saturated rings. The SMILES string of the molecule is COCOc1cccc2c1C(=O)C=CC2=O. The van der Waals surface area contributed by atoms with Gasteiger partial charge in [0.05, 0.1) is 5.56 Å². The number of methoxy groups -OCH3 is 1. The van der Waals surface area contributed by atoms with Crippen LogP contribution in [0.15, 0.2) is 30.4 Å². The first-order valence-corrected chi connectivity index (χ1v) is 4.75. The Balaban J connectivity index is 2.47. The Morgan fingerprint density at radius 1 is 1.12 bits per heavy atom. The van der Waals surface area contributed by atoms with E-state index in [0.29, 0.717) is 16.9 Å². The topological polar surface area (TPSA) is 52.6 Å². The van der Waals surface area contributed by atoms with Gasteiger partial charge in [-0.25, -0.2) is 0 Å². The molecule has 0 saturated heterocycles. The predicted molar refractivity (Wildman–Crippen MR) is 56.7 cm³/mol. The van der Waals surface area contributed by atoms with Crippen molar-refractivity contribution < 1.29 is 19.1 Å². The zero-order chi connectivity index (χ0) is 11.5. The third-order valence-corrected chi connectivity index (χ3v) is 2.26. The molecule has 0 bridgehead atoms. The zero-order valence-corrected chi connectivity index (χ0v) is 8.73. The summed E-state index contributed by atoms with van der Waals surface area (Å²) in [6.45, 7) is 0.0433. The van der Waals surface area contributed by atoms with Crippen molar-refractivity contribution in [3.05, 3.63) is 41.5 Å². The number of ketones is 2. The Labute approximate surface area is 92.5 Å². The molecule has 0 unspecified atom stereocenters. The van der Waals surface area contributed by atoms with E-state index in [4.69, 9.17) is 9.47 Å². The minimum Gasteiger partial charge on any atom is -0.467 e. The fourth-order valence-corrected chi connectivity index (χ4v) is 1.56. The maximum absolute atomic E-state index is 11.7. The highest BCUT2D eigenvalue weighted by Crippen LogP contribution is 2.26. The van der Waals surface area contributed by atoms with Crippen LogP contribution in [0.25, 0.3) is 0 Å². The molecular weight excluding hydrogens is 208 g/mol. The van der Waals surface area contributed by atoms with Gasteiger partial charge in [0, 0.05) is 12.7 Å². The average Bonchev–Trinajstić information content (AvgIpc) is 2.31. The van der Waals surface area contributed by atoms with Gasteiger partial charge in [-0.1, -0.05) is 12.1 Å². The highest BCUT2D eigenvalue weighted by molar-refractivity contribution is 6.23. The van der Waals surface area contributed by atoms with Crippen molar-refractivity contribution in [2.75, 3.05) is 13.9 Å². The summed E-state index contributed by atoms with van der Waals surface area (Å²) in [4.78, 5) is 23.2. The van der Waals surface area contributed by atoms with E-state index in [0.717, 1.165) is 0 Å². The third-order valence-electron chi connectivity index (χ3n) is 2.26. The van der Waals surface area contributed by atoms with E-state index >= 15 is 0 Å². The molecule has 2 rings (SSSR count). The van der Waals surface area contributed by atoms with E-state index < -0.39 is 0 Å². The van der Waals surface area contributed by atoms with Crippen LogP contribution in [-0.2, 0) is 4.74 Å². The van der Waals surface area contributed by atoms with Crippen molar-refractivity contribution in [2.24, 2.45) is 0 Å². The second-order valence-electron chi connectivity index (χ2n) is 3.29. The molecular formula is C12H10O4. The Kier molecular flexibility index (Phi) is 2.83. The molecule has 1 aromatic rings. The number of carbonyl (C=O) groups is 2. The van der Waals surface area contributed by atoms with Crippen molar-refractivity contribution in [3.63, 3.8) is 0 Å². The second-order valence-corrected chi connectivity index (χ2v) is 3.29. The van der Waals surface area contributed by atoms with Crippen molar-refractivity contribution in [1.29, 1.82) is 0 Å². The summed E-state index contributed by atoms with van der Waals surface area (Å²) < 4.78 is 10.0. The van der Waals surface area contributed by atoms with Crippen LogP contribution in [0.3, 0.4) is 0 Å². The Morgan fingerprint density at radius 2 is 1.88 bits per heavy atom. The summed E-state index contributed by atoms with van der Waals surface area (Å²) in [6, 6.07) is 4.93. The number of benzene rings is 1. The number of rotatable bonds is 3. The Hall–Kier alpha value is -1.94. The summed E-state index contributed by atoms with van der Waals surface area (Å²) in [7, 11) is 1.49. The molecule has 0 N–H and O–H groups in total. The third kappa shape index (κ3) is 1.75. The van der Waals surface area contributed by atoms with Gasteiger partial charge in [-0.3, -0.25) is 9.59 Å². The van der Waals surface area contributed by atoms with Crippen LogP contribution in [-0.4, -0.2) is 25.5 Å². The minimum absolute atomic E-state index is 0.0433. The number of ether oxygens (including phenoxy) is 2. The normalized spacial score (nSPS) is 13.8. The fraction of sp³-hybridized carbons (Fsp3) is 0.167. The first-order valence-electron chi connectivity index (χ1n) is 4.75. The molecule has 0 radical (unpaired) electrons. The van der Waals surface area contributed by atoms with E-state index in [1.807, 2.05) is 0 Å². The Morgan fingerprint density at radius 3 is 2.62 bits per heavy atom. The van der Waals surface area contributed by atoms with Crippen LogP contribution in [0, 0.1) is 0 Å². The zero-order valence-electron chi connectivity index (χ0n) is 8.73. The molecule has 1 aliphatic carbocycles. The maximum Gasteiger partial charge on any atom is 0.190 e. The largest absolute Gasteiger partial charge is 0.467 e. The fourth-order valence-electron chi connectivity index (χ4n) is 1.56. The van der Waals surface area contributed by atoms with Crippen LogP contribution >= 0.6 is 0 Å². The molecule has 16 heavy (non-hydrogen) atoms. The van der Waals surface area contributed by atoms with Crippen LogP contribution in [0.5, 0.6) is 5.75 Å². The first kappa shape index (κ1) is 10.6. The van der Waals surface area contributed by atoms with Gasteiger partial charge in [0.25, 0.3) is 0 Å². The Bertz CT molecular complexity index is 474. The lowest BCUT2D eigenvalue weighted by Gasteiger charge is -2.13. The van der Waals surface area contributed by atoms with Gasteiger partial charge in [0.2, 0.25) is 0 Å². The van der Waals surface area contributed by atoms with Crippen molar-refractivity contribution >= 4 is 11.6 Å². The average molecular weight is 218 g/mol. The molecule has 0 aliphatic heterocycles. The molecule has 1 aromatic carbocycles. The highest BCUT2D eigenvalue weighted by atomic mass is 16.7. The quantitative estimate of drug-likeness (QED) is 0.723. The molecule has 0 atom stereocenters.